The summed E-state index contributed by atoms with van der Waals surface area (Å²) in [5, 5.41) is 7.63. The number of amides is 1. The van der Waals surface area contributed by atoms with E-state index in [0.29, 0.717) is 15.8 Å². The Bertz CT molecular complexity index is 1470. The van der Waals surface area contributed by atoms with Gasteiger partial charge in [-0.3, -0.25) is 9.78 Å². The summed E-state index contributed by atoms with van der Waals surface area (Å²) < 4.78 is 7.09. The summed E-state index contributed by atoms with van der Waals surface area (Å²) in [7, 11) is 1.49. The van der Waals surface area contributed by atoms with Gasteiger partial charge in [-0.15, -0.1) is 0 Å². The smallest absolute Gasteiger partial charge is 0.250 e. The minimum absolute atomic E-state index is 0.00321. The van der Waals surface area contributed by atoms with Crippen LogP contribution in [-0.2, 0) is 9.53 Å². The molecule has 2 atom stereocenters. The number of hydrogen-bond acceptors (Lipinski definition) is 4. The van der Waals surface area contributed by atoms with Gasteiger partial charge in [0.05, 0.1) is 28.5 Å². The first kappa shape index (κ1) is 25.9. The van der Waals surface area contributed by atoms with Crippen LogP contribution in [0, 0.1) is 13.8 Å². The summed E-state index contributed by atoms with van der Waals surface area (Å²) in [5.41, 5.74) is 6.67. The van der Waals surface area contributed by atoms with E-state index in [1.54, 1.807) is 6.20 Å². The van der Waals surface area contributed by atoms with Gasteiger partial charge in [-0.1, -0.05) is 29.8 Å². The van der Waals surface area contributed by atoms with Crippen molar-refractivity contribution in [3.05, 3.63) is 107 Å². The number of nitrogens with one attached hydrogen (secondary N) is 2. The normalized spacial score (nSPS) is 16.9. The molecule has 0 radical (unpaired) electrons. The molecule has 7 nitrogen and oxygen atoms in total. The highest BCUT2D eigenvalue weighted by atomic mass is 35.5. The Morgan fingerprint density at radius 1 is 1.11 bits per heavy atom. The first-order valence-corrected chi connectivity index (χ1v) is 13.0. The minimum Gasteiger partial charge on any atom is -0.375 e. The predicted molar refractivity (Wildman–Crippen MR) is 155 cm³/mol. The van der Waals surface area contributed by atoms with Gasteiger partial charge >= 0.3 is 0 Å². The van der Waals surface area contributed by atoms with Crippen LogP contribution in [0.25, 0.3) is 5.69 Å². The number of anilines is 2. The summed E-state index contributed by atoms with van der Waals surface area (Å²) in [6.07, 6.45) is 1.80. The van der Waals surface area contributed by atoms with Crippen molar-refractivity contribution in [2.45, 2.75) is 25.9 Å². The first-order chi connectivity index (χ1) is 18.4. The Hall–Kier alpha value is -3.72. The van der Waals surface area contributed by atoms with Gasteiger partial charge in [0.2, 0.25) is 5.91 Å². The third-order valence-corrected chi connectivity index (χ3v) is 7.32. The molecule has 5 rings (SSSR count). The molecule has 3 heterocycles. The molecule has 1 amide bonds. The summed E-state index contributed by atoms with van der Waals surface area (Å²) in [5.74, 6) is -0.210. The highest BCUT2D eigenvalue weighted by Crippen LogP contribution is 2.44. The minimum atomic E-state index is -0.210. The van der Waals surface area contributed by atoms with Crippen molar-refractivity contribution in [2.24, 2.45) is 0 Å². The number of hydrogen-bond donors (Lipinski definition) is 2. The number of methoxy groups -OCH3 is 1. The molecule has 1 aliphatic heterocycles. The van der Waals surface area contributed by atoms with Crippen molar-refractivity contribution >= 4 is 46.2 Å². The first-order valence-electron chi connectivity index (χ1n) is 12.2. The van der Waals surface area contributed by atoms with Gasteiger partial charge in [0.25, 0.3) is 0 Å². The fraction of sp³-hybridized carbons (Fsp3) is 0.207. The van der Waals surface area contributed by atoms with Crippen LogP contribution in [-0.4, -0.2) is 34.3 Å². The third kappa shape index (κ3) is 4.90. The molecule has 0 saturated carbocycles. The van der Waals surface area contributed by atoms with E-state index in [1.807, 2.05) is 66.7 Å². The van der Waals surface area contributed by atoms with Crippen LogP contribution in [0.15, 0.2) is 79.0 Å². The van der Waals surface area contributed by atoms with Crippen molar-refractivity contribution in [3.63, 3.8) is 0 Å². The Balaban J connectivity index is 1.59. The zero-order valence-corrected chi connectivity index (χ0v) is 22.9. The van der Waals surface area contributed by atoms with Crippen molar-refractivity contribution in [1.82, 2.24) is 14.9 Å². The Kier molecular flexibility index (Phi) is 7.46. The second kappa shape index (κ2) is 10.9. The van der Waals surface area contributed by atoms with Crippen LogP contribution in [0.2, 0.25) is 5.02 Å². The quantitative estimate of drug-likeness (QED) is 0.282. The average Bonchev–Trinajstić information content (AvgIpc) is 3.40. The highest BCUT2D eigenvalue weighted by molar-refractivity contribution is 7.80. The van der Waals surface area contributed by atoms with Crippen LogP contribution in [0.3, 0.4) is 0 Å². The monoisotopic (exact) mass is 545 g/mol. The number of aryl methyl sites for hydroxylation is 1. The summed E-state index contributed by atoms with van der Waals surface area (Å²) in [6.45, 7) is 4.18. The fourth-order valence-corrected chi connectivity index (χ4v) is 5.64. The van der Waals surface area contributed by atoms with Gasteiger partial charge in [-0.25, -0.2) is 0 Å². The lowest BCUT2D eigenvalue weighted by Crippen LogP contribution is -2.29. The Morgan fingerprint density at radius 3 is 2.53 bits per heavy atom. The number of carbonyl (C=O) groups excluding carboxylic acids is 1. The van der Waals surface area contributed by atoms with Crippen LogP contribution >= 0.6 is 23.8 Å². The van der Waals surface area contributed by atoms with E-state index in [-0.39, 0.29) is 24.6 Å². The van der Waals surface area contributed by atoms with E-state index in [1.165, 1.54) is 7.11 Å². The van der Waals surface area contributed by atoms with Gasteiger partial charge in [-0.05, 0) is 86.2 Å². The maximum Gasteiger partial charge on any atom is 0.250 e. The molecule has 1 aliphatic rings. The van der Waals surface area contributed by atoms with Gasteiger partial charge in [-0.2, -0.15) is 0 Å². The third-order valence-electron chi connectivity index (χ3n) is 6.69. The number of para-hydroxylation sites is 1. The number of rotatable bonds is 7. The number of carbonyl (C=O) groups is 1. The van der Waals surface area contributed by atoms with Crippen LogP contribution in [0.4, 0.5) is 11.4 Å². The molecule has 0 aliphatic carbocycles. The Labute approximate surface area is 232 Å². The molecule has 1 saturated heterocycles. The number of thiocarbonyl (C=S) groups is 1. The number of aromatic nitrogens is 2. The molecule has 194 valence electrons. The second-order valence-electron chi connectivity index (χ2n) is 9.14. The molecule has 4 aromatic rings. The second-order valence-corrected chi connectivity index (χ2v) is 9.93. The van der Waals surface area contributed by atoms with Crippen LogP contribution < -0.4 is 15.5 Å². The van der Waals surface area contributed by atoms with E-state index < -0.39 is 0 Å². The number of benzene rings is 2. The SMILES string of the molecule is COCC(=O)Nc1ccc(N2C(=S)N[C@H](c3ccccn3)[C@@H]2c2cc(C)n(-c3ccccc3Cl)c2C)cc1. The van der Waals surface area contributed by atoms with Gasteiger partial charge in [0, 0.05) is 36.1 Å². The number of pyridine rings is 1. The zero-order chi connectivity index (χ0) is 26.8. The molecular weight excluding hydrogens is 518 g/mol. The molecule has 9 heteroatoms. The maximum absolute atomic E-state index is 12.0. The standard InChI is InChI=1S/C29H28ClN5O2S/c1-18-16-22(19(2)34(18)25-10-5-4-8-23(25)30)28-27(24-9-6-7-15-31-24)33-29(38)35(28)21-13-11-20(12-14-21)32-26(36)17-37-3/h4-16,27-28H,17H2,1-3H3,(H,32,36)(H,33,38)/t27-,28+/m1/s1. The maximum atomic E-state index is 12.0. The van der Waals surface area contributed by atoms with Gasteiger partial charge in [0.1, 0.15) is 6.61 Å². The van der Waals surface area contributed by atoms with E-state index in [0.717, 1.165) is 34.0 Å². The van der Waals surface area contributed by atoms with Crippen molar-refractivity contribution in [2.75, 3.05) is 23.9 Å². The lowest BCUT2D eigenvalue weighted by molar-refractivity contribution is -0.119. The van der Waals surface area contributed by atoms with Crippen molar-refractivity contribution < 1.29 is 9.53 Å². The van der Waals surface area contributed by atoms with Crippen LogP contribution in [0.1, 0.15) is 34.7 Å². The van der Waals surface area contributed by atoms with Gasteiger partial charge < -0.3 is 24.8 Å². The van der Waals surface area contributed by atoms with Crippen LogP contribution in [0.5, 0.6) is 0 Å². The lowest BCUT2D eigenvalue weighted by atomic mass is 9.96. The van der Waals surface area contributed by atoms with E-state index >= 15 is 0 Å². The molecule has 0 bridgehead atoms. The van der Waals surface area contributed by atoms with E-state index in [4.69, 9.17) is 28.6 Å². The molecule has 1 fully saturated rings. The number of ether oxygens (including phenoxy) is 1. The topological polar surface area (TPSA) is 71.4 Å². The largest absolute Gasteiger partial charge is 0.375 e. The van der Waals surface area contributed by atoms with Gasteiger partial charge in [0.15, 0.2) is 5.11 Å². The van der Waals surface area contributed by atoms with Crippen molar-refractivity contribution in [3.8, 4) is 5.69 Å². The zero-order valence-electron chi connectivity index (χ0n) is 21.3. The molecule has 0 spiro atoms. The number of halogens is 1. The molecule has 2 aromatic heterocycles. The highest BCUT2D eigenvalue weighted by Gasteiger charge is 2.42. The fourth-order valence-electron chi connectivity index (χ4n) is 5.07. The summed E-state index contributed by atoms with van der Waals surface area (Å²) in [6, 6.07) is 23.2. The molecule has 2 aromatic carbocycles. The molecule has 2 N–H and O–H groups in total. The Morgan fingerprint density at radius 2 is 1.84 bits per heavy atom. The summed E-state index contributed by atoms with van der Waals surface area (Å²) in [4.78, 5) is 18.7. The number of nitrogens with zero attached hydrogens (tertiary/aromatic N) is 3. The van der Waals surface area contributed by atoms with E-state index in [9.17, 15) is 4.79 Å². The van der Waals surface area contributed by atoms with E-state index in [2.05, 4.69) is 45.0 Å². The lowest BCUT2D eigenvalue weighted by Gasteiger charge is -2.28. The predicted octanol–water partition coefficient (Wildman–Crippen LogP) is 5.90. The molecule has 0 unspecified atom stereocenters. The van der Waals surface area contributed by atoms with Crippen molar-refractivity contribution in [1.29, 1.82) is 0 Å². The molecular formula is C29H28ClN5O2S. The molecule has 38 heavy (non-hydrogen) atoms. The summed E-state index contributed by atoms with van der Waals surface area (Å²) >= 11 is 12.5. The average molecular weight is 546 g/mol.